The fourth-order valence-electron chi connectivity index (χ4n) is 0.545. The number of Topliss-reactive ketones (excluding diaryl/α,β-unsaturated/α-hetero) is 1. The molecule has 0 N–H and O–H groups in total. The number of rotatable bonds is 1. The molecule has 0 radical (unpaired) electrons. The van der Waals surface area contributed by atoms with Crippen LogP contribution in [0.1, 0.15) is 17.5 Å². The summed E-state index contributed by atoms with van der Waals surface area (Å²) >= 11 is 5.52. The third-order valence-electron chi connectivity index (χ3n) is 0.937. The van der Waals surface area contributed by atoms with Crippen molar-refractivity contribution in [2.75, 3.05) is 0 Å². The van der Waals surface area contributed by atoms with Crippen LogP contribution in [0.2, 0.25) is 5.02 Å². The van der Waals surface area contributed by atoms with Crippen molar-refractivity contribution in [3.8, 4) is 0 Å². The van der Waals surface area contributed by atoms with Gasteiger partial charge in [-0.2, -0.15) is 0 Å². The molecule has 0 amide bonds. The number of hydrogen-bond acceptors (Lipinski definition) is 2. The van der Waals surface area contributed by atoms with E-state index in [4.69, 9.17) is 16.0 Å². The number of carbonyl (C=O) groups is 1. The van der Waals surface area contributed by atoms with E-state index in [-0.39, 0.29) is 11.5 Å². The first-order valence-electron chi connectivity index (χ1n) is 2.45. The molecule has 0 saturated carbocycles. The van der Waals surface area contributed by atoms with Gasteiger partial charge in [0.2, 0.25) is 0 Å². The monoisotopic (exact) mass is 144 g/mol. The Kier molecular flexibility index (Phi) is 1.58. The molecule has 1 rings (SSSR count). The summed E-state index contributed by atoms with van der Waals surface area (Å²) in [5, 5.41) is 0.377. The molecule has 9 heavy (non-hydrogen) atoms. The summed E-state index contributed by atoms with van der Waals surface area (Å²) in [4.78, 5) is 10.5. The molecule has 0 aliphatic carbocycles. The van der Waals surface area contributed by atoms with Crippen LogP contribution in [0.4, 0.5) is 0 Å². The first-order valence-corrected chi connectivity index (χ1v) is 2.83. The lowest BCUT2D eigenvalue weighted by atomic mass is 10.3. The highest BCUT2D eigenvalue weighted by Crippen LogP contribution is 2.16. The molecule has 0 unspecified atom stereocenters. The molecule has 3 heteroatoms. The van der Waals surface area contributed by atoms with Crippen molar-refractivity contribution in [2.45, 2.75) is 6.92 Å². The Morgan fingerprint density at radius 2 is 2.44 bits per heavy atom. The second-order valence-electron chi connectivity index (χ2n) is 1.65. The zero-order valence-corrected chi connectivity index (χ0v) is 5.61. The highest BCUT2D eigenvalue weighted by Gasteiger charge is 2.06. The molecule has 0 atom stereocenters. The Bertz CT molecular complexity index is 227. The largest absolute Gasteiger partial charge is 0.460 e. The summed E-state index contributed by atoms with van der Waals surface area (Å²) in [7, 11) is 0. The van der Waals surface area contributed by atoms with Crippen LogP contribution in [0.25, 0.3) is 0 Å². The van der Waals surface area contributed by atoms with Crippen LogP contribution in [-0.2, 0) is 0 Å². The zero-order valence-electron chi connectivity index (χ0n) is 4.85. The first kappa shape index (κ1) is 6.36. The molecule has 48 valence electrons. The van der Waals surface area contributed by atoms with E-state index in [1.165, 1.54) is 19.3 Å². The number of ketones is 1. The van der Waals surface area contributed by atoms with Crippen LogP contribution >= 0.6 is 11.6 Å². The Hall–Kier alpha value is -0.760. The quantitative estimate of drug-likeness (QED) is 0.566. The molecule has 0 bridgehead atoms. The lowest BCUT2D eigenvalue weighted by molar-refractivity contribution is 0.0987. The summed E-state index contributed by atoms with van der Waals surface area (Å²) < 4.78 is 4.74. The van der Waals surface area contributed by atoms with Gasteiger partial charge in [0.05, 0.1) is 11.3 Å². The molecular weight excluding hydrogens is 140 g/mol. The third-order valence-corrected chi connectivity index (χ3v) is 1.23. The van der Waals surface area contributed by atoms with Crippen molar-refractivity contribution in [1.29, 1.82) is 0 Å². The summed E-state index contributed by atoms with van der Waals surface area (Å²) in [6, 6.07) is 1.54. The molecule has 1 aromatic rings. The minimum absolute atomic E-state index is 0.148. The van der Waals surface area contributed by atoms with Crippen LogP contribution < -0.4 is 0 Å². The molecule has 1 heterocycles. The molecule has 0 spiro atoms. The lowest BCUT2D eigenvalue weighted by Gasteiger charge is -1.84. The van der Waals surface area contributed by atoms with E-state index in [2.05, 4.69) is 0 Å². The van der Waals surface area contributed by atoms with Crippen molar-refractivity contribution in [2.24, 2.45) is 0 Å². The van der Waals surface area contributed by atoms with Crippen LogP contribution in [-0.4, -0.2) is 5.78 Å². The van der Waals surface area contributed by atoms with Gasteiger partial charge in [-0.15, -0.1) is 0 Å². The van der Waals surface area contributed by atoms with E-state index in [1.54, 1.807) is 0 Å². The molecule has 0 aliphatic rings. The van der Waals surface area contributed by atoms with Crippen molar-refractivity contribution in [1.82, 2.24) is 0 Å². The van der Waals surface area contributed by atoms with Crippen molar-refractivity contribution >= 4 is 17.4 Å². The predicted molar refractivity (Wildman–Crippen MR) is 33.7 cm³/mol. The summed E-state index contributed by atoms with van der Waals surface area (Å²) in [5.74, 6) is 0.0849. The van der Waals surface area contributed by atoms with Crippen molar-refractivity contribution < 1.29 is 9.21 Å². The van der Waals surface area contributed by atoms with Gasteiger partial charge in [-0.3, -0.25) is 4.79 Å². The van der Waals surface area contributed by atoms with Gasteiger partial charge in [0.1, 0.15) is 0 Å². The van der Waals surface area contributed by atoms with Gasteiger partial charge in [0, 0.05) is 6.92 Å². The van der Waals surface area contributed by atoms with Gasteiger partial charge < -0.3 is 4.42 Å². The number of carbonyl (C=O) groups excluding carboxylic acids is 1. The molecule has 1 aromatic heterocycles. The predicted octanol–water partition coefficient (Wildman–Crippen LogP) is 2.14. The van der Waals surface area contributed by atoms with Gasteiger partial charge in [-0.05, 0) is 6.07 Å². The van der Waals surface area contributed by atoms with Gasteiger partial charge in [0.25, 0.3) is 0 Å². The minimum atomic E-state index is -0.148. The highest BCUT2D eigenvalue weighted by molar-refractivity contribution is 6.33. The number of furan rings is 1. The normalized spacial score (nSPS) is 9.56. The maximum Gasteiger partial charge on any atom is 0.196 e. The van der Waals surface area contributed by atoms with Gasteiger partial charge in [-0.25, -0.2) is 0 Å². The Morgan fingerprint density at radius 3 is 2.67 bits per heavy atom. The maximum absolute atomic E-state index is 10.5. The molecule has 0 saturated heterocycles. The van der Waals surface area contributed by atoms with Crippen LogP contribution in [0, 0.1) is 0 Å². The molecular formula is C6H5ClO2. The van der Waals surface area contributed by atoms with Gasteiger partial charge >= 0.3 is 0 Å². The number of hydrogen-bond donors (Lipinski definition) is 0. The van der Waals surface area contributed by atoms with Crippen LogP contribution in [0.3, 0.4) is 0 Å². The van der Waals surface area contributed by atoms with Crippen molar-refractivity contribution in [3.05, 3.63) is 23.1 Å². The second kappa shape index (κ2) is 2.23. The van der Waals surface area contributed by atoms with Crippen LogP contribution in [0.15, 0.2) is 16.7 Å². The standard InChI is InChI=1S/C6H5ClO2/c1-4(8)6-5(7)2-3-9-6/h2-3H,1H3. The Labute approximate surface area is 57.4 Å². The van der Waals surface area contributed by atoms with E-state index in [9.17, 15) is 4.79 Å². The van der Waals surface area contributed by atoms with E-state index in [0.29, 0.717) is 5.02 Å². The molecule has 0 aromatic carbocycles. The smallest absolute Gasteiger partial charge is 0.196 e. The fraction of sp³-hybridized carbons (Fsp3) is 0.167. The average Bonchev–Trinajstić information content (AvgIpc) is 2.13. The summed E-state index contributed by atoms with van der Waals surface area (Å²) in [5.41, 5.74) is 0. The summed E-state index contributed by atoms with van der Waals surface area (Å²) in [6.07, 6.45) is 1.39. The number of halogens is 1. The summed E-state index contributed by atoms with van der Waals surface area (Å²) in [6.45, 7) is 1.41. The molecule has 2 nitrogen and oxygen atoms in total. The molecule has 0 aliphatic heterocycles. The Morgan fingerprint density at radius 1 is 1.78 bits per heavy atom. The SMILES string of the molecule is CC(=O)c1occc1Cl. The average molecular weight is 145 g/mol. The second-order valence-corrected chi connectivity index (χ2v) is 2.06. The third kappa shape index (κ3) is 1.13. The van der Waals surface area contributed by atoms with E-state index in [0.717, 1.165) is 0 Å². The van der Waals surface area contributed by atoms with Gasteiger partial charge in [0.15, 0.2) is 11.5 Å². The van der Waals surface area contributed by atoms with E-state index < -0.39 is 0 Å². The lowest BCUT2D eigenvalue weighted by Crippen LogP contribution is -1.87. The van der Waals surface area contributed by atoms with E-state index >= 15 is 0 Å². The van der Waals surface area contributed by atoms with Crippen molar-refractivity contribution in [3.63, 3.8) is 0 Å². The van der Waals surface area contributed by atoms with E-state index in [1.807, 2.05) is 0 Å². The maximum atomic E-state index is 10.5. The zero-order chi connectivity index (χ0) is 6.85. The van der Waals surface area contributed by atoms with Crippen LogP contribution in [0.5, 0.6) is 0 Å². The molecule has 0 fully saturated rings. The topological polar surface area (TPSA) is 30.2 Å². The Balaban J connectivity index is 3.08. The van der Waals surface area contributed by atoms with Gasteiger partial charge in [-0.1, -0.05) is 11.6 Å². The first-order chi connectivity index (χ1) is 4.22. The fourth-order valence-corrected chi connectivity index (χ4v) is 0.774. The highest BCUT2D eigenvalue weighted by atomic mass is 35.5. The minimum Gasteiger partial charge on any atom is -0.460 e.